The molecule has 0 unspecified atom stereocenters. The maximum absolute atomic E-state index is 5.74. The van der Waals surface area contributed by atoms with Gasteiger partial charge in [0.25, 0.3) is 0 Å². The largest absolute Gasteiger partial charge is 0.496 e. The van der Waals surface area contributed by atoms with E-state index in [0.717, 1.165) is 34.8 Å². The Hall–Kier alpha value is -2.94. The molecule has 116 valence electrons. The lowest BCUT2D eigenvalue weighted by atomic mass is 10.0. The van der Waals surface area contributed by atoms with Gasteiger partial charge in [-0.1, -0.05) is 36.4 Å². The van der Waals surface area contributed by atoms with Gasteiger partial charge in [-0.15, -0.1) is 0 Å². The summed E-state index contributed by atoms with van der Waals surface area (Å²) in [5.41, 5.74) is 10.9. The van der Waals surface area contributed by atoms with Crippen molar-refractivity contribution in [2.75, 3.05) is 18.2 Å². The highest BCUT2D eigenvalue weighted by atomic mass is 16.5. The molecule has 0 saturated heterocycles. The van der Waals surface area contributed by atoms with Crippen LogP contribution in [0.1, 0.15) is 11.1 Å². The third-order valence-corrected chi connectivity index (χ3v) is 3.72. The zero-order chi connectivity index (χ0) is 16.1. The average molecular weight is 304 g/mol. The summed E-state index contributed by atoms with van der Waals surface area (Å²) < 4.78 is 5.55. The molecule has 0 amide bonds. The van der Waals surface area contributed by atoms with Crippen LogP contribution in [0.2, 0.25) is 0 Å². The van der Waals surface area contributed by atoms with Gasteiger partial charge in [0.2, 0.25) is 0 Å². The first-order valence-corrected chi connectivity index (χ1v) is 7.58. The van der Waals surface area contributed by atoms with Crippen molar-refractivity contribution in [1.29, 1.82) is 0 Å². The molecule has 0 saturated carbocycles. The number of rotatable bonds is 5. The van der Waals surface area contributed by atoms with E-state index in [0.29, 0.717) is 0 Å². The normalized spacial score (nSPS) is 10.3. The molecule has 0 aliphatic carbocycles. The predicted octanol–water partition coefficient (Wildman–Crippen LogP) is 4.61. The number of ether oxygens (including phenoxy) is 1. The minimum Gasteiger partial charge on any atom is -0.496 e. The number of para-hydroxylation sites is 1. The molecule has 3 N–H and O–H groups in total. The number of anilines is 3. The van der Waals surface area contributed by atoms with Gasteiger partial charge in [0.05, 0.1) is 7.11 Å². The standard InChI is InChI=1S/C20H20N2O/c1-23-20-14-19(22-18-5-3-2-4-6-18)12-9-16(20)13-15-7-10-17(21)11-8-15/h2-12,14,22H,13,21H2,1H3. The van der Waals surface area contributed by atoms with Crippen LogP contribution >= 0.6 is 0 Å². The summed E-state index contributed by atoms with van der Waals surface area (Å²) in [5.74, 6) is 0.878. The molecule has 3 rings (SSSR count). The van der Waals surface area contributed by atoms with Gasteiger partial charge in [-0.2, -0.15) is 0 Å². The Labute approximate surface area is 136 Å². The van der Waals surface area contributed by atoms with E-state index in [-0.39, 0.29) is 0 Å². The smallest absolute Gasteiger partial charge is 0.124 e. The molecule has 0 bridgehead atoms. The Morgan fingerprint density at radius 2 is 1.61 bits per heavy atom. The van der Waals surface area contributed by atoms with E-state index < -0.39 is 0 Å². The fraction of sp³-hybridized carbons (Fsp3) is 0.100. The molecule has 23 heavy (non-hydrogen) atoms. The quantitative estimate of drug-likeness (QED) is 0.677. The van der Waals surface area contributed by atoms with Crippen molar-refractivity contribution in [3.8, 4) is 5.75 Å². The molecule has 3 aromatic rings. The molecule has 0 aliphatic heterocycles. The van der Waals surface area contributed by atoms with Gasteiger partial charge in [-0.25, -0.2) is 0 Å². The number of hydrogen-bond acceptors (Lipinski definition) is 3. The van der Waals surface area contributed by atoms with E-state index in [9.17, 15) is 0 Å². The fourth-order valence-electron chi connectivity index (χ4n) is 2.51. The van der Waals surface area contributed by atoms with Crippen molar-refractivity contribution >= 4 is 17.1 Å². The average Bonchev–Trinajstić information content (AvgIpc) is 2.59. The van der Waals surface area contributed by atoms with Crippen LogP contribution in [0, 0.1) is 0 Å². The van der Waals surface area contributed by atoms with E-state index in [1.807, 2.05) is 60.7 Å². The first kappa shape index (κ1) is 15.0. The molecule has 0 atom stereocenters. The van der Waals surface area contributed by atoms with Crippen molar-refractivity contribution in [3.63, 3.8) is 0 Å². The highest BCUT2D eigenvalue weighted by Gasteiger charge is 2.06. The maximum Gasteiger partial charge on any atom is 0.124 e. The van der Waals surface area contributed by atoms with Gasteiger partial charge >= 0.3 is 0 Å². The van der Waals surface area contributed by atoms with Crippen molar-refractivity contribution in [3.05, 3.63) is 83.9 Å². The number of nitrogens with two attached hydrogens (primary N) is 1. The van der Waals surface area contributed by atoms with Crippen LogP contribution in [0.25, 0.3) is 0 Å². The van der Waals surface area contributed by atoms with Gasteiger partial charge in [0.1, 0.15) is 5.75 Å². The lowest BCUT2D eigenvalue weighted by Crippen LogP contribution is -1.97. The number of benzene rings is 3. The summed E-state index contributed by atoms with van der Waals surface area (Å²) in [7, 11) is 1.70. The molecule has 3 aromatic carbocycles. The van der Waals surface area contributed by atoms with Gasteiger partial charge in [-0.3, -0.25) is 0 Å². The molecule has 0 spiro atoms. The topological polar surface area (TPSA) is 47.3 Å². The zero-order valence-corrected chi connectivity index (χ0v) is 13.1. The second kappa shape index (κ2) is 6.88. The second-order valence-electron chi connectivity index (χ2n) is 5.44. The van der Waals surface area contributed by atoms with Crippen molar-refractivity contribution in [2.24, 2.45) is 0 Å². The van der Waals surface area contributed by atoms with E-state index in [4.69, 9.17) is 10.5 Å². The Morgan fingerprint density at radius 3 is 2.30 bits per heavy atom. The molecule has 0 heterocycles. The molecule has 0 aromatic heterocycles. The first-order chi connectivity index (χ1) is 11.2. The molecule has 0 fully saturated rings. The fourth-order valence-corrected chi connectivity index (χ4v) is 2.51. The lowest BCUT2D eigenvalue weighted by Gasteiger charge is -2.12. The van der Waals surface area contributed by atoms with Gasteiger partial charge in [0.15, 0.2) is 0 Å². The summed E-state index contributed by atoms with van der Waals surface area (Å²) in [6.45, 7) is 0. The van der Waals surface area contributed by atoms with Gasteiger partial charge < -0.3 is 15.8 Å². The van der Waals surface area contributed by atoms with Crippen molar-refractivity contribution < 1.29 is 4.74 Å². The van der Waals surface area contributed by atoms with E-state index in [1.54, 1.807) is 7.11 Å². The third-order valence-electron chi connectivity index (χ3n) is 3.72. The summed E-state index contributed by atoms with van der Waals surface area (Å²) in [6, 6.07) is 24.2. The van der Waals surface area contributed by atoms with Crippen LogP contribution in [0.4, 0.5) is 17.1 Å². The molecule has 3 heteroatoms. The minimum absolute atomic E-state index is 0.781. The minimum atomic E-state index is 0.781. The predicted molar refractivity (Wildman–Crippen MR) is 96.4 cm³/mol. The third kappa shape index (κ3) is 3.83. The molecule has 3 nitrogen and oxygen atoms in total. The Balaban J connectivity index is 1.80. The van der Waals surface area contributed by atoms with Gasteiger partial charge in [0, 0.05) is 29.5 Å². The first-order valence-electron chi connectivity index (χ1n) is 7.58. The highest BCUT2D eigenvalue weighted by Crippen LogP contribution is 2.27. The SMILES string of the molecule is COc1cc(Nc2ccccc2)ccc1Cc1ccc(N)cc1. The van der Waals surface area contributed by atoms with E-state index >= 15 is 0 Å². The summed E-state index contributed by atoms with van der Waals surface area (Å²) in [5, 5.41) is 3.38. The molecular formula is C20H20N2O. The number of nitrogen functional groups attached to an aromatic ring is 1. The Kier molecular flexibility index (Phi) is 4.48. The Morgan fingerprint density at radius 1 is 0.870 bits per heavy atom. The van der Waals surface area contributed by atoms with Crippen LogP contribution in [-0.4, -0.2) is 7.11 Å². The zero-order valence-electron chi connectivity index (χ0n) is 13.1. The van der Waals surface area contributed by atoms with Crippen molar-refractivity contribution in [2.45, 2.75) is 6.42 Å². The van der Waals surface area contributed by atoms with Crippen LogP contribution < -0.4 is 15.8 Å². The molecule has 0 radical (unpaired) electrons. The maximum atomic E-state index is 5.74. The number of methoxy groups -OCH3 is 1. The van der Waals surface area contributed by atoms with Gasteiger partial charge in [-0.05, 0) is 41.5 Å². The second-order valence-corrected chi connectivity index (χ2v) is 5.44. The summed E-state index contributed by atoms with van der Waals surface area (Å²) in [4.78, 5) is 0. The van der Waals surface area contributed by atoms with Crippen molar-refractivity contribution in [1.82, 2.24) is 0 Å². The van der Waals surface area contributed by atoms with Crippen LogP contribution in [0.5, 0.6) is 5.75 Å². The monoisotopic (exact) mass is 304 g/mol. The van der Waals surface area contributed by atoms with Crippen LogP contribution in [-0.2, 0) is 6.42 Å². The highest BCUT2D eigenvalue weighted by molar-refractivity contribution is 5.62. The van der Waals surface area contributed by atoms with Crippen LogP contribution in [0.15, 0.2) is 72.8 Å². The van der Waals surface area contributed by atoms with E-state index in [1.165, 1.54) is 5.56 Å². The number of hydrogen-bond donors (Lipinski definition) is 2. The lowest BCUT2D eigenvalue weighted by molar-refractivity contribution is 0.411. The summed E-state index contributed by atoms with van der Waals surface area (Å²) in [6.07, 6.45) is 0.815. The molecular weight excluding hydrogens is 284 g/mol. The molecule has 0 aliphatic rings. The summed E-state index contributed by atoms with van der Waals surface area (Å²) >= 11 is 0. The van der Waals surface area contributed by atoms with E-state index in [2.05, 4.69) is 17.4 Å². The Bertz CT molecular complexity index is 767. The van der Waals surface area contributed by atoms with Crippen LogP contribution in [0.3, 0.4) is 0 Å². The number of nitrogens with one attached hydrogen (secondary N) is 1.